The van der Waals surface area contributed by atoms with Gasteiger partial charge in [-0.25, -0.2) is 0 Å². The van der Waals surface area contributed by atoms with Gasteiger partial charge >= 0.3 is 0 Å². The first-order valence-corrected chi connectivity index (χ1v) is 7.37. The third kappa shape index (κ3) is 3.63. The Labute approximate surface area is 116 Å². The number of benzene rings is 1. The van der Waals surface area contributed by atoms with Crippen LogP contribution in [0.15, 0.2) is 18.2 Å². The van der Waals surface area contributed by atoms with Gasteiger partial charge in [-0.2, -0.15) is 0 Å². The SMILES string of the molecule is CCCNC1CCN(c2cc(C)ccc2OC)CC1. The molecule has 0 unspecified atom stereocenters. The standard InChI is InChI=1S/C16H26N2O/c1-4-9-17-14-7-10-18(11-8-14)15-12-13(2)5-6-16(15)19-3/h5-6,12,14,17H,4,7-11H2,1-3H3. The van der Waals surface area contributed by atoms with E-state index in [1.807, 2.05) is 0 Å². The Balaban J connectivity index is 1.99. The highest BCUT2D eigenvalue weighted by molar-refractivity contribution is 5.60. The molecule has 1 N–H and O–H groups in total. The van der Waals surface area contributed by atoms with Gasteiger partial charge in [0.05, 0.1) is 12.8 Å². The van der Waals surface area contributed by atoms with E-state index in [0.717, 1.165) is 25.4 Å². The van der Waals surface area contributed by atoms with Gasteiger partial charge < -0.3 is 15.0 Å². The van der Waals surface area contributed by atoms with Gasteiger partial charge in [0.25, 0.3) is 0 Å². The predicted molar refractivity (Wildman–Crippen MR) is 81.3 cm³/mol. The number of nitrogens with one attached hydrogen (secondary N) is 1. The molecule has 0 aromatic heterocycles. The highest BCUT2D eigenvalue weighted by Crippen LogP contribution is 2.31. The van der Waals surface area contributed by atoms with Crippen molar-refractivity contribution in [2.45, 2.75) is 39.2 Å². The Morgan fingerprint density at radius 2 is 2.05 bits per heavy atom. The van der Waals surface area contributed by atoms with E-state index in [2.05, 4.69) is 42.3 Å². The van der Waals surface area contributed by atoms with E-state index >= 15 is 0 Å². The molecule has 0 amide bonds. The Morgan fingerprint density at radius 1 is 1.32 bits per heavy atom. The van der Waals surface area contributed by atoms with Gasteiger partial charge in [0, 0.05) is 19.1 Å². The minimum atomic E-state index is 0.687. The molecule has 0 bridgehead atoms. The molecule has 2 rings (SSSR count). The van der Waals surface area contributed by atoms with Crippen LogP contribution < -0.4 is 15.0 Å². The maximum absolute atomic E-state index is 5.49. The summed E-state index contributed by atoms with van der Waals surface area (Å²) >= 11 is 0. The quantitative estimate of drug-likeness (QED) is 0.883. The number of anilines is 1. The van der Waals surface area contributed by atoms with Crippen LogP contribution in [0.25, 0.3) is 0 Å². The summed E-state index contributed by atoms with van der Waals surface area (Å²) in [6.45, 7) is 7.72. The topological polar surface area (TPSA) is 24.5 Å². The normalized spacial score (nSPS) is 16.7. The third-order valence-electron chi connectivity index (χ3n) is 3.85. The zero-order valence-corrected chi connectivity index (χ0v) is 12.4. The van der Waals surface area contributed by atoms with Crippen LogP contribution in [0.3, 0.4) is 0 Å². The van der Waals surface area contributed by atoms with E-state index < -0.39 is 0 Å². The summed E-state index contributed by atoms with van der Waals surface area (Å²) in [5.74, 6) is 0.991. The second kappa shape index (κ2) is 6.80. The average Bonchev–Trinajstić information content (AvgIpc) is 2.45. The third-order valence-corrected chi connectivity index (χ3v) is 3.85. The Morgan fingerprint density at radius 3 is 2.68 bits per heavy atom. The van der Waals surface area contributed by atoms with Gasteiger partial charge in [-0.1, -0.05) is 13.0 Å². The van der Waals surface area contributed by atoms with Crippen molar-refractivity contribution in [1.82, 2.24) is 5.32 Å². The summed E-state index contributed by atoms with van der Waals surface area (Å²) in [5, 5.41) is 3.63. The molecule has 1 aliphatic heterocycles. The minimum absolute atomic E-state index is 0.687. The van der Waals surface area contributed by atoms with Crippen LogP contribution >= 0.6 is 0 Å². The molecule has 0 saturated carbocycles. The van der Waals surface area contributed by atoms with Crippen LogP contribution in [0.4, 0.5) is 5.69 Å². The Bertz CT molecular complexity index is 398. The lowest BCUT2D eigenvalue weighted by Crippen LogP contribution is -2.42. The smallest absolute Gasteiger partial charge is 0.142 e. The van der Waals surface area contributed by atoms with Crippen molar-refractivity contribution in [2.24, 2.45) is 0 Å². The highest BCUT2D eigenvalue weighted by atomic mass is 16.5. The molecule has 3 nitrogen and oxygen atoms in total. The summed E-state index contributed by atoms with van der Waals surface area (Å²) in [5.41, 5.74) is 2.54. The number of ether oxygens (including phenoxy) is 1. The molecule has 0 radical (unpaired) electrons. The van der Waals surface area contributed by atoms with Gasteiger partial charge in [-0.3, -0.25) is 0 Å². The van der Waals surface area contributed by atoms with E-state index in [1.54, 1.807) is 7.11 Å². The summed E-state index contributed by atoms with van der Waals surface area (Å²) in [7, 11) is 1.75. The molecular weight excluding hydrogens is 236 g/mol. The first-order valence-electron chi connectivity index (χ1n) is 7.37. The molecule has 106 valence electrons. The van der Waals surface area contributed by atoms with Crippen LogP contribution in [0.5, 0.6) is 5.75 Å². The van der Waals surface area contributed by atoms with E-state index in [9.17, 15) is 0 Å². The molecular formula is C16H26N2O. The van der Waals surface area contributed by atoms with Crippen molar-refractivity contribution >= 4 is 5.69 Å². The highest BCUT2D eigenvalue weighted by Gasteiger charge is 2.20. The van der Waals surface area contributed by atoms with Crippen LogP contribution in [-0.4, -0.2) is 32.8 Å². The van der Waals surface area contributed by atoms with Crippen molar-refractivity contribution in [3.63, 3.8) is 0 Å². The van der Waals surface area contributed by atoms with Crippen molar-refractivity contribution in [3.8, 4) is 5.75 Å². The maximum atomic E-state index is 5.49. The molecule has 3 heteroatoms. The fourth-order valence-electron chi connectivity index (χ4n) is 2.72. The summed E-state index contributed by atoms with van der Waals surface area (Å²) in [6, 6.07) is 7.11. The molecule has 1 saturated heterocycles. The van der Waals surface area contributed by atoms with Crippen LogP contribution in [-0.2, 0) is 0 Å². The number of aryl methyl sites for hydroxylation is 1. The zero-order valence-electron chi connectivity index (χ0n) is 12.4. The number of piperidine rings is 1. The Kier molecular flexibility index (Phi) is 5.08. The van der Waals surface area contributed by atoms with Crippen LogP contribution in [0, 0.1) is 6.92 Å². The second-order valence-electron chi connectivity index (χ2n) is 5.39. The molecule has 1 fully saturated rings. The van der Waals surface area contributed by atoms with Crippen LogP contribution in [0.1, 0.15) is 31.7 Å². The second-order valence-corrected chi connectivity index (χ2v) is 5.39. The fourth-order valence-corrected chi connectivity index (χ4v) is 2.72. The summed E-state index contributed by atoms with van der Waals surface area (Å²) in [6.07, 6.45) is 3.65. The van der Waals surface area contributed by atoms with Gasteiger partial charge in [0.2, 0.25) is 0 Å². The number of methoxy groups -OCH3 is 1. The van der Waals surface area contributed by atoms with Gasteiger partial charge in [0.1, 0.15) is 5.75 Å². The fraction of sp³-hybridized carbons (Fsp3) is 0.625. The number of nitrogens with zero attached hydrogens (tertiary/aromatic N) is 1. The van der Waals surface area contributed by atoms with Crippen molar-refractivity contribution in [2.75, 3.05) is 31.6 Å². The molecule has 1 heterocycles. The number of hydrogen-bond acceptors (Lipinski definition) is 3. The van der Waals surface area contributed by atoms with Gasteiger partial charge in [0.15, 0.2) is 0 Å². The first-order chi connectivity index (χ1) is 9.24. The molecule has 1 aromatic rings. The molecule has 1 aliphatic rings. The van der Waals surface area contributed by atoms with Gasteiger partial charge in [-0.05, 0) is 50.4 Å². The zero-order chi connectivity index (χ0) is 13.7. The van der Waals surface area contributed by atoms with Gasteiger partial charge in [-0.15, -0.1) is 0 Å². The minimum Gasteiger partial charge on any atom is -0.495 e. The van der Waals surface area contributed by atoms with Crippen molar-refractivity contribution < 1.29 is 4.74 Å². The molecule has 1 aromatic carbocycles. The monoisotopic (exact) mass is 262 g/mol. The maximum Gasteiger partial charge on any atom is 0.142 e. The Hall–Kier alpha value is -1.22. The van der Waals surface area contributed by atoms with E-state index in [0.29, 0.717) is 6.04 Å². The molecule has 0 spiro atoms. The average molecular weight is 262 g/mol. The molecule has 0 atom stereocenters. The van der Waals surface area contributed by atoms with Crippen molar-refractivity contribution in [1.29, 1.82) is 0 Å². The number of rotatable bonds is 5. The van der Waals surface area contributed by atoms with E-state index in [1.165, 1.54) is 30.5 Å². The lowest BCUT2D eigenvalue weighted by atomic mass is 10.0. The van der Waals surface area contributed by atoms with E-state index in [-0.39, 0.29) is 0 Å². The number of hydrogen-bond donors (Lipinski definition) is 1. The predicted octanol–water partition coefficient (Wildman–Crippen LogP) is 2.97. The lowest BCUT2D eigenvalue weighted by molar-refractivity contribution is 0.398. The largest absolute Gasteiger partial charge is 0.495 e. The lowest BCUT2D eigenvalue weighted by Gasteiger charge is -2.35. The molecule has 0 aliphatic carbocycles. The first kappa shape index (κ1) is 14.2. The van der Waals surface area contributed by atoms with Crippen LogP contribution in [0.2, 0.25) is 0 Å². The summed E-state index contributed by atoms with van der Waals surface area (Å²) < 4.78 is 5.49. The van der Waals surface area contributed by atoms with E-state index in [4.69, 9.17) is 4.74 Å². The summed E-state index contributed by atoms with van der Waals surface area (Å²) in [4.78, 5) is 2.45. The molecule has 19 heavy (non-hydrogen) atoms. The van der Waals surface area contributed by atoms with Crippen molar-refractivity contribution in [3.05, 3.63) is 23.8 Å².